The molecule has 1 aromatic heterocycles. The summed E-state index contributed by atoms with van der Waals surface area (Å²) >= 11 is 1.75. The van der Waals surface area contributed by atoms with Gasteiger partial charge in [-0.1, -0.05) is 36.4 Å². The van der Waals surface area contributed by atoms with Gasteiger partial charge in [0.2, 0.25) is 0 Å². The molecule has 0 spiro atoms. The number of aryl methyl sites for hydroxylation is 1. The van der Waals surface area contributed by atoms with Gasteiger partial charge in [-0.25, -0.2) is 9.97 Å². The van der Waals surface area contributed by atoms with E-state index in [1.165, 1.54) is 5.56 Å². The van der Waals surface area contributed by atoms with Gasteiger partial charge in [0.25, 0.3) is 0 Å². The number of hydrogen-bond donors (Lipinski definition) is 1. The summed E-state index contributed by atoms with van der Waals surface area (Å²) in [5.41, 5.74) is 9.00. The molecule has 0 bridgehead atoms. The summed E-state index contributed by atoms with van der Waals surface area (Å²) in [7, 11) is 0. The van der Waals surface area contributed by atoms with E-state index in [0.717, 1.165) is 33.8 Å². The minimum atomic E-state index is 0.862. The fourth-order valence-electron chi connectivity index (χ4n) is 2.11. The van der Waals surface area contributed by atoms with E-state index in [-0.39, 0.29) is 0 Å². The van der Waals surface area contributed by atoms with Crippen LogP contribution in [0.15, 0.2) is 59.9 Å². The van der Waals surface area contributed by atoms with E-state index in [1.54, 1.807) is 18.1 Å². The molecular formula is C16H15N3S. The predicted molar refractivity (Wildman–Crippen MR) is 84.8 cm³/mol. The second-order valence-electron chi connectivity index (χ2n) is 4.49. The molecule has 0 unspecified atom stereocenters. The molecule has 0 amide bonds. The van der Waals surface area contributed by atoms with Crippen molar-refractivity contribution >= 4 is 28.4 Å². The highest BCUT2D eigenvalue weighted by molar-refractivity contribution is 7.99. The van der Waals surface area contributed by atoms with Crippen molar-refractivity contribution in [2.75, 3.05) is 11.5 Å². The van der Waals surface area contributed by atoms with Gasteiger partial charge in [0.1, 0.15) is 11.4 Å². The molecule has 0 saturated heterocycles. The minimum absolute atomic E-state index is 0.862. The molecule has 0 fully saturated rings. The Kier molecular flexibility index (Phi) is 3.83. The minimum Gasteiger partial charge on any atom is -0.399 e. The highest BCUT2D eigenvalue weighted by atomic mass is 32.2. The quantitative estimate of drug-likeness (QED) is 0.451. The topological polar surface area (TPSA) is 51.8 Å². The van der Waals surface area contributed by atoms with Crippen molar-refractivity contribution in [3.05, 3.63) is 60.4 Å². The molecule has 2 N–H and O–H groups in total. The zero-order valence-electron chi connectivity index (χ0n) is 11.0. The van der Waals surface area contributed by atoms with E-state index in [0.29, 0.717) is 0 Å². The van der Waals surface area contributed by atoms with Crippen molar-refractivity contribution in [1.82, 2.24) is 9.97 Å². The van der Waals surface area contributed by atoms with Gasteiger partial charge in [0.05, 0.1) is 5.52 Å². The van der Waals surface area contributed by atoms with Crippen LogP contribution < -0.4 is 5.73 Å². The maximum Gasteiger partial charge on any atom is 0.117 e. The molecule has 0 radical (unpaired) electrons. The first-order valence-corrected chi connectivity index (χ1v) is 7.49. The fraction of sp³-hybridized carbons (Fsp3) is 0.125. The number of aromatic nitrogens is 2. The van der Waals surface area contributed by atoms with Crippen molar-refractivity contribution < 1.29 is 0 Å². The van der Waals surface area contributed by atoms with Gasteiger partial charge in [-0.15, -0.1) is 11.8 Å². The number of para-hydroxylation sites is 2. The molecule has 4 heteroatoms. The van der Waals surface area contributed by atoms with E-state index >= 15 is 0 Å². The first-order chi connectivity index (χ1) is 9.84. The van der Waals surface area contributed by atoms with Gasteiger partial charge in [0.15, 0.2) is 0 Å². The zero-order valence-corrected chi connectivity index (χ0v) is 11.8. The molecule has 0 aliphatic rings. The third-order valence-corrected chi connectivity index (χ3v) is 4.18. The number of nitrogens with two attached hydrogens (primary N) is 1. The lowest BCUT2D eigenvalue weighted by Gasteiger charge is -2.06. The van der Waals surface area contributed by atoms with Crippen LogP contribution in [-0.2, 0) is 6.42 Å². The number of anilines is 1. The fourth-order valence-corrected chi connectivity index (χ4v) is 3.08. The number of nitrogens with zero attached hydrogens (tertiary/aromatic N) is 2. The summed E-state index contributed by atoms with van der Waals surface area (Å²) in [6, 6.07) is 16.1. The predicted octanol–water partition coefficient (Wildman–Crippen LogP) is 3.55. The monoisotopic (exact) mass is 281 g/mol. The Morgan fingerprint density at radius 2 is 1.75 bits per heavy atom. The van der Waals surface area contributed by atoms with Gasteiger partial charge in [-0.3, -0.25) is 0 Å². The van der Waals surface area contributed by atoms with Gasteiger partial charge in [0, 0.05) is 16.8 Å². The maximum atomic E-state index is 5.96. The molecule has 0 saturated carbocycles. The zero-order chi connectivity index (χ0) is 13.8. The van der Waals surface area contributed by atoms with E-state index in [4.69, 9.17) is 5.73 Å². The third-order valence-electron chi connectivity index (χ3n) is 3.17. The summed E-state index contributed by atoms with van der Waals surface area (Å²) in [6.45, 7) is 0. The Labute approximate surface area is 122 Å². The van der Waals surface area contributed by atoms with Crippen molar-refractivity contribution in [1.29, 1.82) is 0 Å². The SMILES string of the molecule is Nc1ccccc1CCSc1ncnc2ccccc12. The number of benzene rings is 2. The largest absolute Gasteiger partial charge is 0.399 e. The molecule has 0 atom stereocenters. The second-order valence-corrected chi connectivity index (χ2v) is 5.58. The first-order valence-electron chi connectivity index (χ1n) is 6.50. The molecule has 1 heterocycles. The summed E-state index contributed by atoms with van der Waals surface area (Å²) < 4.78 is 0. The Morgan fingerprint density at radius 1 is 0.950 bits per heavy atom. The molecule has 100 valence electrons. The summed E-state index contributed by atoms with van der Waals surface area (Å²) in [6.07, 6.45) is 2.57. The highest BCUT2D eigenvalue weighted by Gasteiger charge is 2.04. The Hall–Kier alpha value is -2.07. The van der Waals surface area contributed by atoms with Crippen LogP contribution in [0.2, 0.25) is 0 Å². The number of rotatable bonds is 4. The standard InChI is InChI=1S/C16H15N3S/c17-14-7-3-1-5-12(14)9-10-20-16-13-6-2-4-8-15(13)18-11-19-16/h1-8,11H,9-10,17H2. The normalized spacial score (nSPS) is 10.8. The highest BCUT2D eigenvalue weighted by Crippen LogP contribution is 2.25. The molecule has 20 heavy (non-hydrogen) atoms. The van der Waals surface area contributed by atoms with Crippen LogP contribution in [0.25, 0.3) is 10.9 Å². The van der Waals surface area contributed by atoms with Crippen LogP contribution in [0.4, 0.5) is 5.69 Å². The van der Waals surface area contributed by atoms with Gasteiger partial charge in [-0.2, -0.15) is 0 Å². The molecule has 3 aromatic rings. The average Bonchev–Trinajstić information content (AvgIpc) is 2.49. The van der Waals surface area contributed by atoms with Crippen LogP contribution in [0, 0.1) is 0 Å². The maximum absolute atomic E-state index is 5.96. The van der Waals surface area contributed by atoms with Gasteiger partial charge in [-0.05, 0) is 24.1 Å². The van der Waals surface area contributed by atoms with E-state index in [1.807, 2.05) is 36.4 Å². The van der Waals surface area contributed by atoms with Gasteiger partial charge >= 0.3 is 0 Å². The smallest absolute Gasteiger partial charge is 0.117 e. The van der Waals surface area contributed by atoms with E-state index in [9.17, 15) is 0 Å². The second kappa shape index (κ2) is 5.92. The van der Waals surface area contributed by atoms with Crippen molar-refractivity contribution in [3.63, 3.8) is 0 Å². The molecular weight excluding hydrogens is 266 g/mol. The van der Waals surface area contributed by atoms with E-state index < -0.39 is 0 Å². The number of thioether (sulfide) groups is 1. The molecule has 0 aliphatic carbocycles. The van der Waals surface area contributed by atoms with Crippen LogP contribution in [0.3, 0.4) is 0 Å². The molecule has 2 aromatic carbocycles. The lowest BCUT2D eigenvalue weighted by molar-refractivity contribution is 1.09. The molecule has 3 nitrogen and oxygen atoms in total. The van der Waals surface area contributed by atoms with Crippen LogP contribution in [0.5, 0.6) is 0 Å². The van der Waals surface area contributed by atoms with Crippen LogP contribution in [-0.4, -0.2) is 15.7 Å². The van der Waals surface area contributed by atoms with Crippen LogP contribution >= 0.6 is 11.8 Å². The first kappa shape index (κ1) is 12.9. The number of fused-ring (bicyclic) bond motifs is 1. The summed E-state index contributed by atoms with van der Waals surface area (Å²) in [5, 5.41) is 2.14. The van der Waals surface area contributed by atoms with Crippen molar-refractivity contribution in [2.24, 2.45) is 0 Å². The Morgan fingerprint density at radius 3 is 2.65 bits per heavy atom. The molecule has 0 aliphatic heterocycles. The third kappa shape index (κ3) is 2.75. The lowest BCUT2D eigenvalue weighted by atomic mass is 10.1. The lowest BCUT2D eigenvalue weighted by Crippen LogP contribution is -1.96. The Balaban J connectivity index is 1.73. The van der Waals surface area contributed by atoms with Crippen molar-refractivity contribution in [3.8, 4) is 0 Å². The van der Waals surface area contributed by atoms with Gasteiger partial charge < -0.3 is 5.73 Å². The van der Waals surface area contributed by atoms with Crippen LogP contribution in [0.1, 0.15) is 5.56 Å². The number of hydrogen-bond acceptors (Lipinski definition) is 4. The van der Waals surface area contributed by atoms with Crippen molar-refractivity contribution in [2.45, 2.75) is 11.4 Å². The van der Waals surface area contributed by atoms with E-state index in [2.05, 4.69) is 22.1 Å². The average molecular weight is 281 g/mol. The number of nitrogen functional groups attached to an aromatic ring is 1. The molecule has 3 rings (SSSR count). The summed E-state index contributed by atoms with van der Waals surface area (Å²) in [4.78, 5) is 8.66. The summed E-state index contributed by atoms with van der Waals surface area (Å²) in [5.74, 6) is 0.954. The Bertz CT molecular complexity index is 722.